The number of nitrogens with two attached hydrogens (primary N) is 1. The number of hydrogen-bond donors (Lipinski definition) is 1. The van der Waals surface area contributed by atoms with Crippen LogP contribution in [0.1, 0.15) is 32.1 Å². The number of azo groups is 1. The SMILES string of the molecule is Nc1ccc(N=NC2C3CC4CC(C3)CC2C4)cc1. The summed E-state index contributed by atoms with van der Waals surface area (Å²) in [6.07, 6.45) is 7.10. The Kier molecular flexibility index (Phi) is 2.61. The molecule has 0 aromatic heterocycles. The summed E-state index contributed by atoms with van der Waals surface area (Å²) in [7, 11) is 0. The quantitative estimate of drug-likeness (QED) is 0.625. The van der Waals surface area contributed by atoms with Crippen molar-refractivity contribution in [2.45, 2.75) is 38.1 Å². The van der Waals surface area contributed by atoms with Gasteiger partial charge >= 0.3 is 0 Å². The lowest BCUT2D eigenvalue weighted by Gasteiger charge is -2.52. The molecule has 4 aliphatic rings. The first kappa shape index (κ1) is 11.4. The minimum atomic E-state index is 0.491. The van der Waals surface area contributed by atoms with E-state index in [-0.39, 0.29) is 0 Å². The first-order valence-corrected chi connectivity index (χ1v) is 7.54. The van der Waals surface area contributed by atoms with Gasteiger partial charge in [0.2, 0.25) is 0 Å². The standard InChI is InChI=1S/C16H21N3/c17-14-1-3-15(4-2-14)18-19-16-12-6-10-5-11(8-12)9-13(16)7-10/h1-4,10-13,16H,5-9,17H2. The Bertz CT molecular complexity index is 463. The van der Waals surface area contributed by atoms with Crippen molar-refractivity contribution in [2.24, 2.45) is 33.9 Å². The summed E-state index contributed by atoms with van der Waals surface area (Å²) in [5, 5.41) is 9.17. The van der Waals surface area contributed by atoms with E-state index in [9.17, 15) is 0 Å². The fraction of sp³-hybridized carbons (Fsp3) is 0.625. The highest BCUT2D eigenvalue weighted by Crippen LogP contribution is 2.54. The third-order valence-electron chi connectivity index (χ3n) is 5.38. The number of hydrogen-bond acceptors (Lipinski definition) is 3. The summed E-state index contributed by atoms with van der Waals surface area (Å²) in [5.41, 5.74) is 7.41. The third-order valence-corrected chi connectivity index (χ3v) is 5.38. The van der Waals surface area contributed by atoms with Gasteiger partial charge < -0.3 is 5.73 Å². The number of nitrogens with zero attached hydrogens (tertiary/aromatic N) is 2. The van der Waals surface area contributed by atoms with E-state index < -0.39 is 0 Å². The topological polar surface area (TPSA) is 50.7 Å². The fourth-order valence-electron chi connectivity index (χ4n) is 4.76. The molecule has 0 heterocycles. The molecule has 0 atom stereocenters. The molecule has 5 rings (SSSR count). The van der Waals surface area contributed by atoms with Crippen molar-refractivity contribution in [3.8, 4) is 0 Å². The molecule has 0 unspecified atom stereocenters. The summed E-state index contributed by atoms with van der Waals surface area (Å²) >= 11 is 0. The number of anilines is 1. The van der Waals surface area contributed by atoms with Gasteiger partial charge in [-0.15, -0.1) is 0 Å². The number of rotatable bonds is 2. The number of nitrogen functional groups attached to an aromatic ring is 1. The highest BCUT2D eigenvalue weighted by Gasteiger charge is 2.48. The second kappa shape index (κ2) is 4.32. The van der Waals surface area contributed by atoms with Gasteiger partial charge in [0, 0.05) is 5.69 Å². The van der Waals surface area contributed by atoms with Crippen molar-refractivity contribution < 1.29 is 0 Å². The van der Waals surface area contributed by atoms with E-state index in [4.69, 9.17) is 10.8 Å². The lowest BCUT2D eigenvalue weighted by atomic mass is 9.54. The summed E-state index contributed by atoms with van der Waals surface area (Å²) in [5.74, 6) is 3.64. The van der Waals surface area contributed by atoms with Crippen LogP contribution in [0.15, 0.2) is 34.5 Å². The van der Waals surface area contributed by atoms with Gasteiger partial charge in [-0.1, -0.05) is 0 Å². The molecule has 3 heteroatoms. The van der Waals surface area contributed by atoms with Gasteiger partial charge in [-0.05, 0) is 80.0 Å². The molecule has 19 heavy (non-hydrogen) atoms. The van der Waals surface area contributed by atoms with E-state index in [2.05, 4.69) is 5.11 Å². The van der Waals surface area contributed by atoms with Gasteiger partial charge in [0.25, 0.3) is 0 Å². The normalized spacial score (nSPS) is 40.1. The van der Waals surface area contributed by atoms with Crippen LogP contribution in [-0.4, -0.2) is 6.04 Å². The van der Waals surface area contributed by atoms with Crippen molar-refractivity contribution in [2.75, 3.05) is 5.73 Å². The summed E-state index contributed by atoms with van der Waals surface area (Å²) in [6, 6.07) is 8.19. The zero-order valence-corrected chi connectivity index (χ0v) is 11.2. The Balaban J connectivity index is 1.52. The molecule has 0 radical (unpaired) electrons. The molecule has 4 aliphatic carbocycles. The van der Waals surface area contributed by atoms with Crippen LogP contribution in [-0.2, 0) is 0 Å². The average Bonchev–Trinajstić information content (AvgIpc) is 2.39. The van der Waals surface area contributed by atoms with Gasteiger partial charge in [-0.25, -0.2) is 0 Å². The second-order valence-corrected chi connectivity index (χ2v) is 6.73. The predicted molar refractivity (Wildman–Crippen MR) is 76.2 cm³/mol. The Morgan fingerprint density at radius 1 is 0.842 bits per heavy atom. The molecule has 0 aliphatic heterocycles. The fourth-order valence-corrected chi connectivity index (χ4v) is 4.76. The number of benzene rings is 1. The average molecular weight is 255 g/mol. The first-order chi connectivity index (χ1) is 9.28. The lowest BCUT2D eigenvalue weighted by Crippen LogP contribution is -2.47. The van der Waals surface area contributed by atoms with Gasteiger partial charge in [0.1, 0.15) is 0 Å². The summed E-state index contributed by atoms with van der Waals surface area (Å²) in [4.78, 5) is 0. The molecule has 0 saturated heterocycles. The van der Waals surface area contributed by atoms with Crippen LogP contribution in [0.25, 0.3) is 0 Å². The second-order valence-electron chi connectivity index (χ2n) is 6.73. The molecule has 1 aromatic carbocycles. The maximum Gasteiger partial charge on any atom is 0.0854 e. The van der Waals surface area contributed by atoms with Crippen LogP contribution in [0.2, 0.25) is 0 Å². The molecule has 4 fully saturated rings. The van der Waals surface area contributed by atoms with Gasteiger partial charge in [0.15, 0.2) is 0 Å². The molecule has 2 N–H and O–H groups in total. The molecular formula is C16H21N3. The minimum absolute atomic E-state index is 0.491. The predicted octanol–water partition coefficient (Wildman–Crippen LogP) is 4.18. The molecule has 1 aromatic rings. The highest BCUT2D eigenvalue weighted by atomic mass is 15.1. The molecular weight excluding hydrogens is 234 g/mol. The molecule has 100 valence electrons. The molecule has 0 spiro atoms. The van der Waals surface area contributed by atoms with Gasteiger partial charge in [0.05, 0.1) is 11.7 Å². The minimum Gasteiger partial charge on any atom is -0.399 e. The van der Waals surface area contributed by atoms with Crippen LogP contribution >= 0.6 is 0 Å². The molecule has 4 bridgehead atoms. The smallest absolute Gasteiger partial charge is 0.0854 e. The molecule has 4 saturated carbocycles. The highest BCUT2D eigenvalue weighted by molar-refractivity contribution is 5.47. The van der Waals surface area contributed by atoms with Crippen molar-refractivity contribution in [3.63, 3.8) is 0 Å². The summed E-state index contributed by atoms with van der Waals surface area (Å²) < 4.78 is 0. The lowest BCUT2D eigenvalue weighted by molar-refractivity contribution is -0.000940. The van der Waals surface area contributed by atoms with E-state index in [0.29, 0.717) is 6.04 Å². The van der Waals surface area contributed by atoms with Crippen LogP contribution in [0.3, 0.4) is 0 Å². The van der Waals surface area contributed by atoms with Crippen molar-refractivity contribution in [1.82, 2.24) is 0 Å². The summed E-state index contributed by atoms with van der Waals surface area (Å²) in [6.45, 7) is 0. The third kappa shape index (κ3) is 2.05. The van der Waals surface area contributed by atoms with Crippen LogP contribution in [0, 0.1) is 23.7 Å². The Morgan fingerprint density at radius 2 is 1.42 bits per heavy atom. The zero-order chi connectivity index (χ0) is 12.8. The molecule has 0 amide bonds. The zero-order valence-electron chi connectivity index (χ0n) is 11.2. The maximum absolute atomic E-state index is 5.69. The van der Waals surface area contributed by atoms with Gasteiger partial charge in [-0.3, -0.25) is 0 Å². The monoisotopic (exact) mass is 255 g/mol. The largest absolute Gasteiger partial charge is 0.399 e. The van der Waals surface area contributed by atoms with Crippen LogP contribution in [0.4, 0.5) is 11.4 Å². The van der Waals surface area contributed by atoms with Gasteiger partial charge in [-0.2, -0.15) is 10.2 Å². The van der Waals surface area contributed by atoms with Crippen molar-refractivity contribution in [1.29, 1.82) is 0 Å². The van der Waals surface area contributed by atoms with E-state index >= 15 is 0 Å². The van der Waals surface area contributed by atoms with Crippen LogP contribution < -0.4 is 5.73 Å². The van der Waals surface area contributed by atoms with E-state index in [1.54, 1.807) is 0 Å². The van der Waals surface area contributed by atoms with E-state index in [1.807, 2.05) is 24.3 Å². The van der Waals surface area contributed by atoms with Crippen molar-refractivity contribution in [3.05, 3.63) is 24.3 Å². The Labute approximate surface area is 114 Å². The molecule has 3 nitrogen and oxygen atoms in total. The van der Waals surface area contributed by atoms with Crippen LogP contribution in [0.5, 0.6) is 0 Å². The van der Waals surface area contributed by atoms with Crippen molar-refractivity contribution >= 4 is 11.4 Å². The van der Waals surface area contributed by atoms with E-state index in [0.717, 1.165) is 35.0 Å². The maximum atomic E-state index is 5.69. The van der Waals surface area contributed by atoms with E-state index in [1.165, 1.54) is 32.1 Å². The Hall–Kier alpha value is -1.38. The first-order valence-electron chi connectivity index (χ1n) is 7.54. The Morgan fingerprint density at radius 3 is 2.00 bits per heavy atom.